The topological polar surface area (TPSA) is 192 Å². The van der Waals surface area contributed by atoms with E-state index < -0.39 is 71.6 Å². The molecule has 0 amide bonds. The van der Waals surface area contributed by atoms with Crippen LogP contribution in [-0.4, -0.2) is 115 Å². The minimum absolute atomic E-state index is 0.220. The number of esters is 2. The van der Waals surface area contributed by atoms with Gasteiger partial charge in [-0.1, -0.05) is 180 Å². The molecule has 2 fully saturated rings. The molecule has 13 heteroatoms. The Labute approximate surface area is 348 Å². The fraction of sp³-hybridized carbons (Fsp3) is 0.955. The summed E-state index contributed by atoms with van der Waals surface area (Å²) in [6.45, 7) is 3.76. The molecule has 0 aromatic carbocycles. The molecule has 2 saturated heterocycles. The van der Waals surface area contributed by atoms with Crippen LogP contribution in [0.3, 0.4) is 0 Å². The molecular weight excluding hydrogens is 753 g/mol. The predicted molar refractivity (Wildman–Crippen MR) is 223 cm³/mol. The van der Waals surface area contributed by atoms with Gasteiger partial charge in [0.05, 0.1) is 0 Å². The van der Waals surface area contributed by atoms with E-state index in [9.17, 15) is 40.2 Å². The molecule has 0 radical (unpaired) electrons. The molecule has 2 heterocycles. The molecule has 0 bridgehead atoms. The van der Waals surface area contributed by atoms with Crippen LogP contribution < -0.4 is 0 Å². The highest BCUT2D eigenvalue weighted by atomic mass is 32.2. The van der Waals surface area contributed by atoms with Crippen LogP contribution in [0.15, 0.2) is 0 Å². The average Bonchev–Trinajstić information content (AvgIpc) is 3.20. The average molecular weight is 835 g/mol. The number of unbranched alkanes of at least 4 members (excludes halogenated alkanes) is 24. The van der Waals surface area contributed by atoms with Crippen LogP contribution in [-0.2, 0) is 28.5 Å². The van der Waals surface area contributed by atoms with Crippen LogP contribution >= 0.6 is 11.8 Å². The highest BCUT2D eigenvalue weighted by Gasteiger charge is 2.50. The fourth-order valence-electron chi connectivity index (χ4n) is 7.53. The third-order valence-electron chi connectivity index (χ3n) is 11.4. The Morgan fingerprint density at radius 1 is 0.404 bits per heavy atom. The summed E-state index contributed by atoms with van der Waals surface area (Å²) in [4.78, 5) is 24.9. The molecule has 0 aliphatic carbocycles. The van der Waals surface area contributed by atoms with Gasteiger partial charge >= 0.3 is 11.9 Å². The van der Waals surface area contributed by atoms with E-state index in [1.165, 1.54) is 116 Å². The first-order valence-corrected chi connectivity index (χ1v) is 23.9. The van der Waals surface area contributed by atoms with Gasteiger partial charge in [-0.2, -0.15) is 0 Å². The Morgan fingerprint density at radius 3 is 0.947 bits per heavy atom. The number of carbonyl (C=O) groups is 2. The van der Waals surface area contributed by atoms with Crippen molar-refractivity contribution in [1.82, 2.24) is 0 Å². The van der Waals surface area contributed by atoms with Gasteiger partial charge in [0.25, 0.3) is 0 Å². The quantitative estimate of drug-likeness (QED) is 0.0278. The second-order valence-electron chi connectivity index (χ2n) is 16.5. The van der Waals surface area contributed by atoms with E-state index in [0.29, 0.717) is 12.8 Å². The van der Waals surface area contributed by atoms with Gasteiger partial charge in [-0.3, -0.25) is 9.59 Å². The minimum Gasteiger partial charge on any atom is -0.463 e. The van der Waals surface area contributed by atoms with Crippen molar-refractivity contribution in [2.75, 3.05) is 13.2 Å². The molecule has 0 unspecified atom stereocenters. The number of rotatable bonds is 34. The fourth-order valence-corrected chi connectivity index (χ4v) is 8.86. The second kappa shape index (κ2) is 32.7. The van der Waals surface area contributed by atoms with Crippen LogP contribution in [0.2, 0.25) is 0 Å². The van der Waals surface area contributed by atoms with Gasteiger partial charge in [0.15, 0.2) is 0 Å². The van der Waals surface area contributed by atoms with Crippen LogP contribution in [0.5, 0.6) is 0 Å². The highest BCUT2D eigenvalue weighted by Crippen LogP contribution is 2.37. The molecule has 2 aliphatic rings. The van der Waals surface area contributed by atoms with E-state index in [0.717, 1.165) is 50.3 Å². The van der Waals surface area contributed by atoms with Gasteiger partial charge in [-0.15, -0.1) is 0 Å². The Balaban J connectivity index is 1.65. The van der Waals surface area contributed by atoms with Gasteiger partial charge in [-0.05, 0) is 12.8 Å². The molecule has 10 atom stereocenters. The van der Waals surface area contributed by atoms with E-state index in [4.69, 9.17) is 18.9 Å². The first-order chi connectivity index (χ1) is 27.6. The lowest BCUT2D eigenvalue weighted by Gasteiger charge is -2.44. The molecule has 2 rings (SSSR count). The van der Waals surface area contributed by atoms with Crippen molar-refractivity contribution in [3.8, 4) is 0 Å². The number of thioether (sulfide) groups is 1. The molecule has 2 aliphatic heterocycles. The molecule has 6 N–H and O–H groups in total. The molecule has 0 aromatic rings. The maximum absolute atomic E-state index is 12.4. The Bertz CT molecular complexity index is 930. The lowest BCUT2D eigenvalue weighted by molar-refractivity contribution is -0.218. The van der Waals surface area contributed by atoms with Crippen molar-refractivity contribution in [3.05, 3.63) is 0 Å². The normalized spacial score (nSPS) is 27.7. The van der Waals surface area contributed by atoms with Crippen molar-refractivity contribution in [2.24, 2.45) is 0 Å². The summed E-state index contributed by atoms with van der Waals surface area (Å²) in [6.07, 6.45) is 19.5. The first kappa shape index (κ1) is 52.1. The summed E-state index contributed by atoms with van der Waals surface area (Å²) < 4.78 is 22.3. The Hall–Kier alpha value is -1.03. The first-order valence-electron chi connectivity index (χ1n) is 23.0. The monoisotopic (exact) mass is 835 g/mol. The zero-order valence-corrected chi connectivity index (χ0v) is 36.3. The molecule has 12 nitrogen and oxygen atoms in total. The van der Waals surface area contributed by atoms with Crippen LogP contribution in [0, 0.1) is 0 Å². The Kier molecular flexibility index (Phi) is 29.9. The number of ether oxygens (including phenoxy) is 4. The van der Waals surface area contributed by atoms with Crippen molar-refractivity contribution < 1.29 is 59.2 Å². The van der Waals surface area contributed by atoms with Crippen molar-refractivity contribution in [2.45, 2.75) is 253 Å². The van der Waals surface area contributed by atoms with Gasteiger partial charge in [-0.25, -0.2) is 0 Å². The van der Waals surface area contributed by atoms with E-state index in [-0.39, 0.29) is 26.1 Å². The van der Waals surface area contributed by atoms with Crippen LogP contribution in [0.1, 0.15) is 194 Å². The second-order valence-corrected chi connectivity index (χ2v) is 17.7. The molecule has 0 spiro atoms. The summed E-state index contributed by atoms with van der Waals surface area (Å²) in [5.74, 6) is -0.901. The summed E-state index contributed by atoms with van der Waals surface area (Å²) >= 11 is 0.740. The lowest BCUT2D eigenvalue weighted by atomic mass is 10.00. The number of hydrogen-bond acceptors (Lipinski definition) is 13. The standard InChI is InChI=1S/C44H82O12S/c1-3-5-7-9-11-13-15-17-19-21-23-25-27-29-35(45)53-31-33-37(47)39(49)41(51)43(55-33)57-44-42(52)40(50)38(48)34(56-44)32-54-36(46)30-28-26-24-22-20-18-16-14-12-10-8-6-4-2/h33-34,37-44,47-52H,3-32H2,1-2H3/t33-,34-,37-,38-,39+,40+,41-,42-,43-,44-/m1/s1. The predicted octanol–water partition coefficient (Wildman–Crippen LogP) is 7.38. The van der Waals surface area contributed by atoms with E-state index in [1.807, 2.05) is 0 Å². The maximum Gasteiger partial charge on any atom is 0.305 e. The molecule has 336 valence electrons. The Morgan fingerprint density at radius 2 is 0.667 bits per heavy atom. The number of hydrogen-bond donors (Lipinski definition) is 6. The van der Waals surface area contributed by atoms with Crippen molar-refractivity contribution in [1.29, 1.82) is 0 Å². The smallest absolute Gasteiger partial charge is 0.305 e. The summed E-state index contributed by atoms with van der Waals surface area (Å²) in [5.41, 5.74) is -2.51. The largest absolute Gasteiger partial charge is 0.463 e. The summed E-state index contributed by atoms with van der Waals surface area (Å²) in [7, 11) is 0. The molecule has 0 aromatic heterocycles. The van der Waals surface area contributed by atoms with Gasteiger partial charge in [0.2, 0.25) is 0 Å². The van der Waals surface area contributed by atoms with Crippen LogP contribution in [0.4, 0.5) is 0 Å². The molecule has 0 saturated carbocycles. The van der Waals surface area contributed by atoms with Crippen LogP contribution in [0.25, 0.3) is 0 Å². The van der Waals surface area contributed by atoms with Gasteiger partial charge < -0.3 is 49.6 Å². The van der Waals surface area contributed by atoms with E-state index in [2.05, 4.69) is 13.8 Å². The zero-order chi connectivity index (χ0) is 41.7. The third-order valence-corrected chi connectivity index (χ3v) is 12.7. The number of aliphatic hydroxyl groups is 6. The van der Waals surface area contributed by atoms with Gasteiger partial charge in [0, 0.05) is 12.8 Å². The summed E-state index contributed by atoms with van der Waals surface area (Å²) in [6, 6.07) is 0. The van der Waals surface area contributed by atoms with Crippen molar-refractivity contribution >= 4 is 23.7 Å². The highest BCUT2D eigenvalue weighted by molar-refractivity contribution is 8.00. The van der Waals surface area contributed by atoms with E-state index in [1.54, 1.807) is 0 Å². The zero-order valence-electron chi connectivity index (χ0n) is 35.5. The van der Waals surface area contributed by atoms with Crippen molar-refractivity contribution in [3.63, 3.8) is 0 Å². The maximum atomic E-state index is 12.4. The SMILES string of the molecule is CCCCCCCCCCCCCCCC(=O)OC[C@H]1O[C@H](S[C@H]2O[C@H](COC(=O)CCCCCCCCCCCCCCC)[C@@H](O)[C@H](O)[C@H]2O)[C@H](O)[C@@H](O)[C@@H]1O. The lowest BCUT2D eigenvalue weighted by Crippen LogP contribution is -2.61. The number of carbonyl (C=O) groups excluding carboxylic acids is 2. The summed E-state index contributed by atoms with van der Waals surface area (Å²) in [5, 5.41) is 63.7. The third kappa shape index (κ3) is 22.4. The molecular formula is C44H82O12S. The minimum atomic E-state index is -1.65. The van der Waals surface area contributed by atoms with Gasteiger partial charge in [0.1, 0.15) is 72.9 Å². The number of aliphatic hydroxyl groups excluding tert-OH is 6. The molecule has 57 heavy (non-hydrogen) atoms. The van der Waals surface area contributed by atoms with E-state index >= 15 is 0 Å².